The number of hydrogen-bond acceptors (Lipinski definition) is 5. The highest BCUT2D eigenvalue weighted by molar-refractivity contribution is 7.89. The number of sulfonamides is 1. The number of carboxylic acid groups (broad SMARTS) is 1. The molecule has 4 aromatic rings. The monoisotopic (exact) mass is 500 g/mol. The minimum Gasteiger partial charge on any atom is -0.550 e. The van der Waals surface area contributed by atoms with E-state index in [-0.39, 0.29) is 36.4 Å². The Morgan fingerprint density at radius 3 is 2.03 bits per heavy atom. The van der Waals surface area contributed by atoms with Crippen molar-refractivity contribution >= 4 is 43.7 Å². The molecule has 182 valence electrons. The van der Waals surface area contributed by atoms with E-state index in [0.29, 0.717) is 21.8 Å². The summed E-state index contributed by atoms with van der Waals surface area (Å²) in [5.41, 5.74) is 2.43. The van der Waals surface area contributed by atoms with E-state index in [9.17, 15) is 23.1 Å². The van der Waals surface area contributed by atoms with Crippen molar-refractivity contribution in [3.8, 4) is 12.3 Å². The number of carboxylic acids is 1. The molecule has 0 aliphatic heterocycles. The van der Waals surface area contributed by atoms with E-state index in [1.165, 1.54) is 12.1 Å². The summed E-state index contributed by atoms with van der Waals surface area (Å²) in [6.07, 6.45) is 5.15. The fraction of sp³-hybridized carbons (Fsp3) is 0.179. The number of amides is 1. The number of para-hydroxylation sites is 2. The van der Waals surface area contributed by atoms with E-state index < -0.39 is 21.9 Å². The molecule has 0 N–H and O–H groups in total. The predicted molar refractivity (Wildman–Crippen MR) is 134 cm³/mol. The van der Waals surface area contributed by atoms with Crippen molar-refractivity contribution in [3.05, 3.63) is 83.9 Å². The van der Waals surface area contributed by atoms with Gasteiger partial charge in [-0.3, -0.25) is 4.79 Å². The van der Waals surface area contributed by atoms with E-state index in [0.717, 1.165) is 9.87 Å². The van der Waals surface area contributed by atoms with Gasteiger partial charge in [-0.1, -0.05) is 42.0 Å². The van der Waals surface area contributed by atoms with Crippen LogP contribution in [-0.2, 0) is 21.4 Å². The van der Waals surface area contributed by atoms with Crippen molar-refractivity contribution in [2.75, 3.05) is 6.54 Å². The van der Waals surface area contributed by atoms with Crippen LogP contribution in [0, 0.1) is 19.3 Å². The smallest absolute Gasteiger partial charge is 0.269 e. The third-order valence-corrected chi connectivity index (χ3v) is 7.77. The van der Waals surface area contributed by atoms with Crippen LogP contribution in [0.2, 0.25) is 0 Å². The fourth-order valence-electron chi connectivity index (χ4n) is 4.27. The Hall–Kier alpha value is -4.22. The fourth-order valence-corrected chi connectivity index (χ4v) is 5.68. The quantitative estimate of drug-likeness (QED) is 0.210. The number of benzene rings is 3. The van der Waals surface area contributed by atoms with Gasteiger partial charge >= 0.3 is 0 Å². The molecule has 1 amide bonds. The van der Waals surface area contributed by atoms with Crippen molar-refractivity contribution in [2.45, 2.75) is 31.2 Å². The van der Waals surface area contributed by atoms with Crippen LogP contribution in [0.3, 0.4) is 0 Å². The summed E-state index contributed by atoms with van der Waals surface area (Å²) in [6.45, 7) is 1.77. The number of carbonyl (C=O) groups is 2. The lowest BCUT2D eigenvalue weighted by Gasteiger charge is -2.24. The molecule has 0 bridgehead atoms. The summed E-state index contributed by atoms with van der Waals surface area (Å²) in [5.74, 6) is 0.579. The number of terminal acetylenes is 1. The second-order valence-electron chi connectivity index (χ2n) is 8.37. The van der Waals surface area contributed by atoms with Gasteiger partial charge in [0.05, 0.1) is 21.2 Å². The molecule has 0 aliphatic carbocycles. The van der Waals surface area contributed by atoms with Gasteiger partial charge in [-0.05, 0) is 50.0 Å². The third kappa shape index (κ3) is 4.66. The van der Waals surface area contributed by atoms with Crippen molar-refractivity contribution in [1.82, 2.24) is 4.31 Å². The van der Waals surface area contributed by atoms with Gasteiger partial charge in [0, 0.05) is 24.6 Å². The highest BCUT2D eigenvalue weighted by Gasteiger charge is 2.33. The van der Waals surface area contributed by atoms with E-state index in [1.807, 2.05) is 35.8 Å². The average molecular weight is 501 g/mol. The molecule has 0 unspecified atom stereocenters. The van der Waals surface area contributed by atoms with Crippen molar-refractivity contribution in [2.24, 2.45) is 0 Å². The molecular formula is C28H24N2O5S. The lowest BCUT2D eigenvalue weighted by atomic mass is 10.0. The zero-order valence-corrected chi connectivity index (χ0v) is 20.5. The first-order valence-corrected chi connectivity index (χ1v) is 12.8. The van der Waals surface area contributed by atoms with E-state index in [2.05, 4.69) is 5.92 Å². The first-order valence-electron chi connectivity index (χ1n) is 11.4. The number of pyridine rings is 1. The molecule has 0 fully saturated rings. The van der Waals surface area contributed by atoms with Crippen LogP contribution >= 0.6 is 0 Å². The van der Waals surface area contributed by atoms with Gasteiger partial charge < -0.3 is 9.90 Å². The average Bonchev–Trinajstić information content (AvgIpc) is 2.86. The van der Waals surface area contributed by atoms with Gasteiger partial charge in [0.1, 0.15) is 0 Å². The largest absolute Gasteiger partial charge is 0.550 e. The van der Waals surface area contributed by atoms with Crippen LogP contribution in [0.4, 0.5) is 0 Å². The second kappa shape index (κ2) is 10.2. The Balaban J connectivity index is 1.96. The lowest BCUT2D eigenvalue weighted by molar-refractivity contribution is -0.632. The van der Waals surface area contributed by atoms with E-state index in [1.54, 1.807) is 36.4 Å². The van der Waals surface area contributed by atoms with Crippen LogP contribution in [-0.4, -0.2) is 31.1 Å². The number of aryl methyl sites for hydroxylation is 1. The number of rotatable bonds is 8. The van der Waals surface area contributed by atoms with Gasteiger partial charge in [-0.25, -0.2) is 12.7 Å². The molecule has 8 heteroatoms. The van der Waals surface area contributed by atoms with Crippen molar-refractivity contribution < 1.29 is 27.7 Å². The highest BCUT2D eigenvalue weighted by Crippen LogP contribution is 2.29. The number of carbonyl (C=O) groups excluding carboxylic acids is 2. The normalized spacial score (nSPS) is 11.3. The summed E-state index contributed by atoms with van der Waals surface area (Å²) >= 11 is 0. The molecule has 0 atom stereocenters. The first kappa shape index (κ1) is 24.9. The molecule has 3 aromatic carbocycles. The number of aromatic nitrogens is 1. The number of aliphatic carboxylic acids is 1. The summed E-state index contributed by atoms with van der Waals surface area (Å²) in [4.78, 5) is 25.1. The Morgan fingerprint density at radius 1 is 0.944 bits per heavy atom. The number of hydrogen-bond donors (Lipinski definition) is 0. The van der Waals surface area contributed by atoms with Crippen LogP contribution in [0.1, 0.15) is 28.8 Å². The lowest BCUT2D eigenvalue weighted by Crippen LogP contribution is -2.40. The van der Waals surface area contributed by atoms with Crippen molar-refractivity contribution in [3.63, 3.8) is 0 Å². The molecule has 0 aliphatic rings. The number of fused-ring (bicyclic) bond motifs is 2. The molecule has 1 aromatic heterocycles. The third-order valence-electron chi connectivity index (χ3n) is 5.97. The van der Waals surface area contributed by atoms with Crippen molar-refractivity contribution in [1.29, 1.82) is 0 Å². The minimum absolute atomic E-state index is 0.0539. The molecule has 0 radical (unpaired) electrons. The molecule has 1 heterocycles. The predicted octanol–water partition coefficient (Wildman–Crippen LogP) is 2.58. The zero-order valence-electron chi connectivity index (χ0n) is 19.7. The van der Waals surface area contributed by atoms with Crippen LogP contribution < -0.4 is 9.67 Å². The van der Waals surface area contributed by atoms with E-state index >= 15 is 0 Å². The SMILES string of the molecule is C#CC[n+]1c2ccccc2c(C(=O)N(CCCC(=O)[O-])S(=O)(=O)c2ccc(C)cc2)c2ccccc21. The topological polar surface area (TPSA) is 98.5 Å². The van der Waals surface area contributed by atoms with Crippen LogP contribution in [0.25, 0.3) is 21.8 Å². The Bertz CT molecular complexity index is 1560. The number of nitrogens with zero attached hydrogens (tertiary/aromatic N) is 2. The maximum absolute atomic E-state index is 14.1. The molecule has 0 saturated carbocycles. The Morgan fingerprint density at radius 2 is 1.50 bits per heavy atom. The minimum atomic E-state index is -4.29. The molecule has 7 nitrogen and oxygen atoms in total. The summed E-state index contributed by atoms with van der Waals surface area (Å²) < 4.78 is 30.0. The Labute approximate surface area is 209 Å². The summed E-state index contributed by atoms with van der Waals surface area (Å²) in [6, 6.07) is 20.5. The van der Waals surface area contributed by atoms with Gasteiger partial charge in [0.15, 0.2) is 0 Å². The van der Waals surface area contributed by atoms with Gasteiger partial charge in [-0.2, -0.15) is 4.57 Å². The second-order valence-corrected chi connectivity index (χ2v) is 10.2. The molecule has 0 saturated heterocycles. The molecule has 4 rings (SSSR count). The van der Waals surface area contributed by atoms with E-state index in [4.69, 9.17) is 6.42 Å². The molecule has 36 heavy (non-hydrogen) atoms. The maximum atomic E-state index is 14.1. The van der Waals surface area contributed by atoms with Gasteiger partial charge in [0.25, 0.3) is 15.9 Å². The van der Waals surface area contributed by atoms with Gasteiger partial charge in [0.2, 0.25) is 17.6 Å². The summed E-state index contributed by atoms with van der Waals surface area (Å²) in [7, 11) is -4.29. The maximum Gasteiger partial charge on any atom is 0.269 e. The van der Waals surface area contributed by atoms with Gasteiger partial charge in [-0.15, -0.1) is 6.42 Å². The zero-order chi connectivity index (χ0) is 25.9. The standard InChI is InChI=1S/C28H24N2O5S/c1-3-18-29-24-11-6-4-9-22(24)27(23-10-5-7-12-25(23)29)28(33)30(19-8-13-26(31)32)36(34,35)21-16-14-20(2)15-17-21/h1,4-7,9-12,14-17H,8,13,18-19H2,2H3. The van der Waals surface area contributed by atoms with Crippen LogP contribution in [0.15, 0.2) is 77.7 Å². The van der Waals surface area contributed by atoms with Crippen LogP contribution in [0.5, 0.6) is 0 Å². The Kier molecular flexibility index (Phi) is 7.04. The first-order chi connectivity index (χ1) is 17.3. The molecular weight excluding hydrogens is 476 g/mol. The highest BCUT2D eigenvalue weighted by atomic mass is 32.2. The summed E-state index contributed by atoms with van der Waals surface area (Å²) in [5, 5.41) is 12.1. The molecule has 0 spiro atoms.